The van der Waals surface area contributed by atoms with Crippen LogP contribution in [0.5, 0.6) is 11.5 Å². The summed E-state index contributed by atoms with van der Waals surface area (Å²) in [7, 11) is 1.72. The first-order valence-electron chi connectivity index (χ1n) is 6.35. The first kappa shape index (κ1) is 14.2. The lowest BCUT2D eigenvalue weighted by Crippen LogP contribution is -2.17. The van der Waals surface area contributed by atoms with Crippen LogP contribution in [0.1, 0.15) is 0 Å². The summed E-state index contributed by atoms with van der Waals surface area (Å²) in [5.74, 6) is -0.256. The second-order valence-electron chi connectivity index (χ2n) is 4.75. The number of aromatic nitrogens is 2. The average Bonchev–Trinajstić information content (AvgIpc) is 2.74. The molecule has 1 aromatic heterocycles. The molecular weight excluding hydrogens is 297 g/mol. The van der Waals surface area contributed by atoms with Gasteiger partial charge in [-0.1, -0.05) is 12.1 Å². The molecular formula is C15H11F3N2O2. The zero-order valence-corrected chi connectivity index (χ0v) is 11.4. The molecule has 0 bridgehead atoms. The van der Waals surface area contributed by atoms with E-state index in [0.29, 0.717) is 16.6 Å². The number of hydrogen-bond donors (Lipinski definition) is 1. The largest absolute Gasteiger partial charge is 0.573 e. The molecule has 114 valence electrons. The molecule has 0 saturated carbocycles. The third-order valence-electron chi connectivity index (χ3n) is 3.17. The van der Waals surface area contributed by atoms with Crippen LogP contribution in [-0.2, 0) is 7.05 Å². The lowest BCUT2D eigenvalue weighted by Gasteiger charge is -2.09. The van der Waals surface area contributed by atoms with Crippen molar-refractivity contribution in [1.29, 1.82) is 0 Å². The van der Waals surface area contributed by atoms with E-state index in [9.17, 15) is 18.3 Å². The Labute approximate surface area is 123 Å². The summed E-state index contributed by atoms with van der Waals surface area (Å²) < 4.78 is 42.5. The number of phenolic OH excluding ortho intramolecular Hbond substituents is 1. The molecule has 1 N–H and O–H groups in total. The molecule has 3 aromatic rings. The minimum Gasteiger partial charge on any atom is -0.508 e. The number of hydrogen-bond acceptors (Lipinski definition) is 3. The van der Waals surface area contributed by atoms with Crippen molar-refractivity contribution in [1.82, 2.24) is 9.78 Å². The quantitative estimate of drug-likeness (QED) is 0.782. The van der Waals surface area contributed by atoms with Crippen LogP contribution < -0.4 is 4.74 Å². The predicted octanol–water partition coefficient (Wildman–Crippen LogP) is 3.84. The Hall–Kier alpha value is -2.70. The molecule has 3 rings (SSSR count). The van der Waals surface area contributed by atoms with E-state index in [1.54, 1.807) is 23.9 Å². The van der Waals surface area contributed by atoms with Gasteiger partial charge in [-0.15, -0.1) is 13.2 Å². The van der Waals surface area contributed by atoms with Gasteiger partial charge in [0.15, 0.2) is 0 Å². The summed E-state index contributed by atoms with van der Waals surface area (Å²) in [4.78, 5) is 0. The second kappa shape index (κ2) is 4.94. The normalized spacial score (nSPS) is 11.8. The highest BCUT2D eigenvalue weighted by molar-refractivity contribution is 5.94. The van der Waals surface area contributed by atoms with E-state index in [1.807, 2.05) is 0 Å². The molecule has 4 nitrogen and oxygen atoms in total. The molecule has 0 saturated heterocycles. The fourth-order valence-corrected chi connectivity index (χ4v) is 2.31. The highest BCUT2D eigenvalue weighted by atomic mass is 19.4. The van der Waals surface area contributed by atoms with Crippen LogP contribution in [0.2, 0.25) is 0 Å². The average molecular weight is 308 g/mol. The van der Waals surface area contributed by atoms with Gasteiger partial charge >= 0.3 is 6.36 Å². The Morgan fingerprint density at radius 3 is 2.64 bits per heavy atom. The molecule has 0 amide bonds. The number of benzene rings is 2. The van der Waals surface area contributed by atoms with Gasteiger partial charge in [0.25, 0.3) is 0 Å². The highest BCUT2D eigenvalue weighted by Gasteiger charge is 2.31. The van der Waals surface area contributed by atoms with Gasteiger partial charge in [0.2, 0.25) is 0 Å². The van der Waals surface area contributed by atoms with Crippen molar-refractivity contribution < 1.29 is 23.0 Å². The van der Waals surface area contributed by atoms with E-state index < -0.39 is 6.36 Å². The summed E-state index contributed by atoms with van der Waals surface area (Å²) in [5, 5.41) is 14.6. The Bertz CT molecular complexity index is 840. The van der Waals surface area contributed by atoms with Crippen LogP contribution in [0.15, 0.2) is 42.5 Å². The standard InChI is InChI=1S/C15H11F3N2O2/c1-20-13-6-5-10(21)8-12(13)14(19-20)9-3-2-4-11(7-9)22-15(16,17)18/h2-8,21H,1H3. The van der Waals surface area contributed by atoms with Crippen molar-refractivity contribution >= 4 is 10.9 Å². The van der Waals surface area contributed by atoms with Gasteiger partial charge in [-0.3, -0.25) is 4.68 Å². The number of halogens is 3. The van der Waals surface area contributed by atoms with E-state index in [2.05, 4.69) is 9.84 Å². The smallest absolute Gasteiger partial charge is 0.508 e. The van der Waals surface area contributed by atoms with Gasteiger partial charge in [-0.25, -0.2) is 0 Å². The van der Waals surface area contributed by atoms with Crippen molar-refractivity contribution in [3.05, 3.63) is 42.5 Å². The number of aryl methyl sites for hydroxylation is 1. The number of alkyl halides is 3. The molecule has 0 spiro atoms. The molecule has 0 fully saturated rings. The van der Waals surface area contributed by atoms with Crippen molar-refractivity contribution in [3.8, 4) is 22.8 Å². The summed E-state index contributed by atoms with van der Waals surface area (Å²) in [5.41, 5.74) is 1.70. The Balaban J connectivity index is 2.12. The van der Waals surface area contributed by atoms with Crippen LogP contribution in [0.4, 0.5) is 13.2 Å². The lowest BCUT2D eigenvalue weighted by atomic mass is 10.1. The number of phenols is 1. The maximum atomic E-state index is 12.3. The maximum absolute atomic E-state index is 12.3. The van der Waals surface area contributed by atoms with Gasteiger partial charge in [0.05, 0.1) is 5.52 Å². The molecule has 0 atom stereocenters. The highest BCUT2D eigenvalue weighted by Crippen LogP contribution is 2.33. The Kier molecular flexibility index (Phi) is 3.20. The number of aromatic hydroxyl groups is 1. The topological polar surface area (TPSA) is 47.3 Å². The molecule has 22 heavy (non-hydrogen) atoms. The third kappa shape index (κ3) is 2.69. The Morgan fingerprint density at radius 2 is 1.91 bits per heavy atom. The Morgan fingerprint density at radius 1 is 1.14 bits per heavy atom. The van der Waals surface area contributed by atoms with Crippen LogP contribution in [-0.4, -0.2) is 21.2 Å². The first-order valence-corrected chi connectivity index (χ1v) is 6.35. The zero-order chi connectivity index (χ0) is 15.9. The van der Waals surface area contributed by atoms with Crippen molar-refractivity contribution in [3.63, 3.8) is 0 Å². The first-order chi connectivity index (χ1) is 10.3. The van der Waals surface area contributed by atoms with Crippen molar-refractivity contribution in [2.24, 2.45) is 7.05 Å². The molecule has 0 aliphatic heterocycles. The van der Waals surface area contributed by atoms with E-state index in [-0.39, 0.29) is 11.5 Å². The summed E-state index contributed by atoms with van der Waals surface area (Å²) in [6.07, 6.45) is -4.75. The maximum Gasteiger partial charge on any atom is 0.573 e. The SMILES string of the molecule is Cn1nc(-c2cccc(OC(F)(F)F)c2)c2cc(O)ccc21. The van der Waals surface area contributed by atoms with Crippen LogP contribution >= 0.6 is 0 Å². The molecule has 0 aliphatic carbocycles. The fraction of sp³-hybridized carbons (Fsp3) is 0.133. The van der Waals surface area contributed by atoms with Gasteiger partial charge in [-0.2, -0.15) is 5.10 Å². The third-order valence-corrected chi connectivity index (χ3v) is 3.17. The summed E-state index contributed by atoms with van der Waals surface area (Å²) in [6.45, 7) is 0. The molecule has 0 aliphatic rings. The van der Waals surface area contributed by atoms with E-state index in [0.717, 1.165) is 5.52 Å². The molecule has 2 aromatic carbocycles. The number of ether oxygens (including phenoxy) is 1. The number of nitrogens with zero attached hydrogens (tertiary/aromatic N) is 2. The van der Waals surface area contributed by atoms with E-state index in [1.165, 1.54) is 30.3 Å². The van der Waals surface area contributed by atoms with Gasteiger partial charge in [0, 0.05) is 18.0 Å². The zero-order valence-electron chi connectivity index (χ0n) is 11.4. The van der Waals surface area contributed by atoms with Gasteiger partial charge in [0.1, 0.15) is 17.2 Å². The predicted molar refractivity (Wildman–Crippen MR) is 74.5 cm³/mol. The van der Waals surface area contributed by atoms with Gasteiger partial charge in [-0.05, 0) is 30.3 Å². The summed E-state index contributed by atoms with van der Waals surface area (Å²) >= 11 is 0. The van der Waals surface area contributed by atoms with E-state index in [4.69, 9.17) is 0 Å². The number of rotatable bonds is 2. The molecule has 0 radical (unpaired) electrons. The molecule has 0 unspecified atom stereocenters. The van der Waals surface area contributed by atoms with Crippen molar-refractivity contribution in [2.75, 3.05) is 0 Å². The van der Waals surface area contributed by atoms with Gasteiger partial charge < -0.3 is 9.84 Å². The van der Waals surface area contributed by atoms with Crippen LogP contribution in [0, 0.1) is 0 Å². The second-order valence-corrected chi connectivity index (χ2v) is 4.75. The number of fused-ring (bicyclic) bond motifs is 1. The summed E-state index contributed by atoms with van der Waals surface area (Å²) in [6, 6.07) is 10.3. The molecule has 1 heterocycles. The molecule has 7 heteroatoms. The fourth-order valence-electron chi connectivity index (χ4n) is 2.31. The monoisotopic (exact) mass is 308 g/mol. The van der Waals surface area contributed by atoms with Crippen molar-refractivity contribution in [2.45, 2.75) is 6.36 Å². The lowest BCUT2D eigenvalue weighted by molar-refractivity contribution is -0.274. The van der Waals surface area contributed by atoms with E-state index >= 15 is 0 Å². The minimum absolute atomic E-state index is 0.0597. The van der Waals surface area contributed by atoms with Crippen LogP contribution in [0.25, 0.3) is 22.2 Å². The minimum atomic E-state index is -4.75. The van der Waals surface area contributed by atoms with Crippen LogP contribution in [0.3, 0.4) is 0 Å².